The Balaban J connectivity index is 2.75. The number of primary amides is 1. The quantitative estimate of drug-likeness (QED) is 0.598. The Morgan fingerprint density at radius 2 is 1.88 bits per heavy atom. The van der Waals surface area contributed by atoms with Crippen molar-refractivity contribution in [3.8, 4) is 0 Å². The zero-order valence-corrected chi connectivity index (χ0v) is 8.70. The molecule has 1 amide bonds. The molecular formula is C10H10F2N2O3. The highest BCUT2D eigenvalue weighted by Gasteiger charge is 2.16. The molecule has 0 fully saturated rings. The number of nitrogen functional groups attached to an aromatic ring is 1. The minimum absolute atomic E-state index is 0.177. The first-order valence-corrected chi connectivity index (χ1v) is 4.61. The Kier molecular flexibility index (Phi) is 3.97. The normalized spacial score (nSPS) is 10.0. The van der Waals surface area contributed by atoms with E-state index in [1.165, 1.54) is 0 Å². The summed E-state index contributed by atoms with van der Waals surface area (Å²) in [5.41, 5.74) is 9.14. The van der Waals surface area contributed by atoms with Gasteiger partial charge in [-0.2, -0.15) is 0 Å². The molecule has 0 aromatic heterocycles. The molecule has 4 N–H and O–H groups in total. The van der Waals surface area contributed by atoms with E-state index < -0.39 is 29.1 Å². The Bertz CT molecular complexity index is 463. The molecule has 0 radical (unpaired) electrons. The van der Waals surface area contributed by atoms with Gasteiger partial charge in [-0.15, -0.1) is 0 Å². The summed E-state index contributed by atoms with van der Waals surface area (Å²) in [4.78, 5) is 21.7. The first-order chi connectivity index (χ1) is 7.91. The summed E-state index contributed by atoms with van der Waals surface area (Å²) in [6, 6.07) is 1.32. The van der Waals surface area contributed by atoms with E-state index in [4.69, 9.17) is 11.5 Å². The van der Waals surface area contributed by atoms with Crippen LogP contribution in [-0.2, 0) is 9.53 Å². The van der Waals surface area contributed by atoms with Crippen molar-refractivity contribution < 1.29 is 23.1 Å². The Morgan fingerprint density at radius 1 is 1.24 bits per heavy atom. The number of carbonyl (C=O) groups excluding carboxylic acids is 2. The van der Waals surface area contributed by atoms with Crippen LogP contribution in [0.25, 0.3) is 0 Å². The maximum atomic E-state index is 13.2. The lowest BCUT2D eigenvalue weighted by molar-refractivity contribution is -0.118. The first kappa shape index (κ1) is 12.9. The topological polar surface area (TPSA) is 95.4 Å². The van der Waals surface area contributed by atoms with Crippen molar-refractivity contribution in [1.82, 2.24) is 0 Å². The van der Waals surface area contributed by atoms with Crippen LogP contribution >= 0.6 is 0 Å². The Hall–Kier alpha value is -2.18. The summed E-state index contributed by atoms with van der Waals surface area (Å²) in [7, 11) is 0. The van der Waals surface area contributed by atoms with Crippen LogP contribution in [0, 0.1) is 11.6 Å². The van der Waals surface area contributed by atoms with Gasteiger partial charge in [0.15, 0.2) is 0 Å². The number of amides is 1. The third-order valence-electron chi connectivity index (χ3n) is 1.89. The molecule has 0 aliphatic carbocycles. The molecule has 17 heavy (non-hydrogen) atoms. The van der Waals surface area contributed by atoms with Crippen LogP contribution in [0.1, 0.15) is 16.8 Å². The summed E-state index contributed by atoms with van der Waals surface area (Å²) in [5, 5.41) is 0. The predicted molar refractivity (Wildman–Crippen MR) is 54.9 cm³/mol. The van der Waals surface area contributed by atoms with Crippen molar-refractivity contribution in [1.29, 1.82) is 0 Å². The van der Waals surface area contributed by atoms with Gasteiger partial charge in [-0.1, -0.05) is 0 Å². The number of rotatable bonds is 4. The van der Waals surface area contributed by atoms with Crippen LogP contribution in [0.3, 0.4) is 0 Å². The second-order valence-corrected chi connectivity index (χ2v) is 3.21. The highest BCUT2D eigenvalue weighted by atomic mass is 19.1. The predicted octanol–water partition coefficient (Wildman–Crippen LogP) is 0.579. The van der Waals surface area contributed by atoms with Crippen molar-refractivity contribution in [2.75, 3.05) is 12.3 Å². The fourth-order valence-corrected chi connectivity index (χ4v) is 1.04. The second-order valence-electron chi connectivity index (χ2n) is 3.21. The zero-order chi connectivity index (χ0) is 13.0. The summed E-state index contributed by atoms with van der Waals surface area (Å²) in [6.45, 7) is -0.273. The molecule has 0 unspecified atom stereocenters. The van der Waals surface area contributed by atoms with Crippen molar-refractivity contribution in [2.45, 2.75) is 6.42 Å². The standard InChI is InChI=1S/C10H10F2N2O3/c11-6-4-7(12)8(13)3-5(6)10(16)17-2-1-9(14)15/h3-4H,1-2,13H2,(H2,14,15). The van der Waals surface area contributed by atoms with Gasteiger partial charge >= 0.3 is 5.97 Å². The third-order valence-corrected chi connectivity index (χ3v) is 1.89. The average Bonchev–Trinajstić information content (AvgIpc) is 2.22. The number of halogens is 2. The molecule has 0 atom stereocenters. The summed E-state index contributed by atoms with van der Waals surface area (Å²) >= 11 is 0. The molecule has 0 heterocycles. The average molecular weight is 244 g/mol. The Morgan fingerprint density at radius 3 is 2.47 bits per heavy atom. The Labute approximate surface area is 95.3 Å². The number of anilines is 1. The summed E-state index contributed by atoms with van der Waals surface area (Å²) < 4.78 is 30.5. The van der Waals surface area contributed by atoms with Crippen LogP contribution in [0.5, 0.6) is 0 Å². The van der Waals surface area contributed by atoms with Crippen LogP contribution in [0.15, 0.2) is 12.1 Å². The number of benzene rings is 1. The largest absolute Gasteiger partial charge is 0.461 e. The van der Waals surface area contributed by atoms with Gasteiger partial charge in [-0.05, 0) is 6.07 Å². The minimum atomic E-state index is -1.08. The van der Waals surface area contributed by atoms with Crippen LogP contribution < -0.4 is 11.5 Å². The molecule has 0 aliphatic heterocycles. The van der Waals surface area contributed by atoms with Gasteiger partial charge in [0.05, 0.1) is 17.7 Å². The molecule has 1 aromatic rings. The van der Waals surface area contributed by atoms with Gasteiger partial charge in [-0.3, -0.25) is 4.79 Å². The number of hydrogen-bond acceptors (Lipinski definition) is 4. The highest BCUT2D eigenvalue weighted by molar-refractivity contribution is 5.91. The van der Waals surface area contributed by atoms with E-state index >= 15 is 0 Å². The van der Waals surface area contributed by atoms with Crippen molar-refractivity contribution in [3.05, 3.63) is 29.3 Å². The number of carbonyl (C=O) groups is 2. The lowest BCUT2D eigenvalue weighted by atomic mass is 10.2. The third kappa shape index (κ3) is 3.40. The lowest BCUT2D eigenvalue weighted by Crippen LogP contribution is -2.16. The molecule has 1 rings (SSSR count). The monoisotopic (exact) mass is 244 g/mol. The highest BCUT2D eigenvalue weighted by Crippen LogP contribution is 2.17. The number of ether oxygens (including phenoxy) is 1. The summed E-state index contributed by atoms with van der Waals surface area (Å²) in [6.07, 6.45) is -0.177. The van der Waals surface area contributed by atoms with E-state index in [1.807, 2.05) is 0 Å². The van der Waals surface area contributed by atoms with Gasteiger partial charge < -0.3 is 16.2 Å². The van der Waals surface area contributed by atoms with Crippen LogP contribution in [0.2, 0.25) is 0 Å². The van der Waals surface area contributed by atoms with Gasteiger partial charge in [0, 0.05) is 6.07 Å². The number of hydrogen-bond donors (Lipinski definition) is 2. The molecule has 0 saturated carbocycles. The lowest BCUT2D eigenvalue weighted by Gasteiger charge is -2.05. The van der Waals surface area contributed by atoms with E-state index in [9.17, 15) is 18.4 Å². The van der Waals surface area contributed by atoms with Crippen LogP contribution in [0.4, 0.5) is 14.5 Å². The van der Waals surface area contributed by atoms with Gasteiger partial charge in [0.25, 0.3) is 0 Å². The van der Waals surface area contributed by atoms with Crippen molar-refractivity contribution in [2.24, 2.45) is 5.73 Å². The molecule has 0 aliphatic rings. The smallest absolute Gasteiger partial charge is 0.341 e. The molecular weight excluding hydrogens is 234 g/mol. The molecule has 0 spiro atoms. The SMILES string of the molecule is NC(=O)CCOC(=O)c1cc(N)c(F)cc1F. The van der Waals surface area contributed by atoms with E-state index in [0.29, 0.717) is 6.07 Å². The molecule has 0 saturated heterocycles. The fraction of sp³-hybridized carbons (Fsp3) is 0.200. The molecule has 5 nitrogen and oxygen atoms in total. The molecule has 0 bridgehead atoms. The molecule has 1 aromatic carbocycles. The molecule has 92 valence electrons. The van der Waals surface area contributed by atoms with Crippen molar-refractivity contribution >= 4 is 17.6 Å². The maximum Gasteiger partial charge on any atom is 0.341 e. The molecule has 7 heteroatoms. The first-order valence-electron chi connectivity index (χ1n) is 4.61. The minimum Gasteiger partial charge on any atom is -0.461 e. The maximum absolute atomic E-state index is 13.2. The van der Waals surface area contributed by atoms with Crippen LogP contribution in [-0.4, -0.2) is 18.5 Å². The van der Waals surface area contributed by atoms with Gasteiger partial charge in [0.2, 0.25) is 5.91 Å². The zero-order valence-electron chi connectivity index (χ0n) is 8.70. The van der Waals surface area contributed by atoms with E-state index in [-0.39, 0.29) is 18.7 Å². The number of esters is 1. The number of nitrogens with two attached hydrogens (primary N) is 2. The van der Waals surface area contributed by atoms with Gasteiger partial charge in [0.1, 0.15) is 18.2 Å². The fourth-order valence-electron chi connectivity index (χ4n) is 1.04. The van der Waals surface area contributed by atoms with E-state index in [0.717, 1.165) is 6.07 Å². The van der Waals surface area contributed by atoms with Crippen molar-refractivity contribution in [3.63, 3.8) is 0 Å². The van der Waals surface area contributed by atoms with E-state index in [1.54, 1.807) is 0 Å². The van der Waals surface area contributed by atoms with Gasteiger partial charge in [-0.25, -0.2) is 13.6 Å². The summed E-state index contributed by atoms with van der Waals surface area (Å²) in [5.74, 6) is -3.73. The second kappa shape index (κ2) is 5.24. The van der Waals surface area contributed by atoms with E-state index in [2.05, 4.69) is 4.74 Å².